The average Bonchev–Trinajstić information content (AvgIpc) is 3.91. The molecule has 0 N–H and O–H groups in total. The molecule has 0 atom stereocenters. The lowest BCUT2D eigenvalue weighted by molar-refractivity contribution is 0.649. The smallest absolute Gasteiger partial charge is 0.140 e. The van der Waals surface area contributed by atoms with Gasteiger partial charge in [-0.25, -0.2) is 0 Å². The molecule has 1 heterocycles. The zero-order chi connectivity index (χ0) is 47.1. The molecule has 0 saturated carbocycles. The first-order chi connectivity index (χ1) is 33.7. The Bertz CT molecular complexity index is 3610. The molecule has 1 aliphatic carbocycles. The van der Waals surface area contributed by atoms with Crippen LogP contribution >= 0.6 is 0 Å². The zero-order valence-corrected chi connectivity index (χ0v) is 33.4. The number of rotatable bonds is 8. The van der Waals surface area contributed by atoms with Gasteiger partial charge < -0.3 is 14.2 Å². The monoisotopic (exact) mass is 799 g/mol. The van der Waals surface area contributed by atoms with Gasteiger partial charge in [-0.2, -0.15) is 0 Å². The van der Waals surface area contributed by atoms with Crippen LogP contribution in [0.25, 0.3) is 43.8 Å². The van der Waals surface area contributed by atoms with E-state index in [9.17, 15) is 6.85 Å². The van der Waals surface area contributed by atoms with E-state index in [1.165, 1.54) is 0 Å². The van der Waals surface area contributed by atoms with Crippen molar-refractivity contribution in [2.75, 3.05) is 9.80 Å². The van der Waals surface area contributed by atoms with Crippen molar-refractivity contribution in [1.29, 1.82) is 0 Å². The summed E-state index contributed by atoms with van der Waals surface area (Å²) in [5.41, 5.74) is 8.95. The summed E-state index contributed by atoms with van der Waals surface area (Å²) in [5.74, 6) is 0. The van der Waals surface area contributed by atoms with Crippen molar-refractivity contribution in [2.45, 2.75) is 5.41 Å². The van der Waals surface area contributed by atoms with Crippen LogP contribution in [0.15, 0.2) is 247 Å². The third kappa shape index (κ3) is 5.52. The fourth-order valence-corrected chi connectivity index (χ4v) is 9.62. The van der Waals surface area contributed by atoms with Crippen molar-refractivity contribution in [2.24, 2.45) is 0 Å². The molecule has 0 spiro atoms. The van der Waals surface area contributed by atoms with Gasteiger partial charge in [-0.3, -0.25) is 0 Å². The van der Waals surface area contributed by atoms with Crippen molar-refractivity contribution >= 4 is 66.8 Å². The highest BCUT2D eigenvalue weighted by Crippen LogP contribution is 2.60. The van der Waals surface area contributed by atoms with E-state index in [4.69, 9.17) is 7.16 Å². The Balaban J connectivity index is 1.28. The predicted molar refractivity (Wildman–Crippen MR) is 258 cm³/mol. The molecule has 3 heteroatoms. The van der Waals surface area contributed by atoms with Crippen LogP contribution in [-0.4, -0.2) is 0 Å². The zero-order valence-electron chi connectivity index (χ0n) is 40.4. The summed E-state index contributed by atoms with van der Waals surface area (Å²) in [6.45, 7) is 0. The minimum atomic E-state index is -1.55. The molecule has 0 bridgehead atoms. The summed E-state index contributed by atoms with van der Waals surface area (Å²) in [5, 5.41) is 1.61. The molecule has 12 rings (SSSR count). The number of nitrogens with zero attached hydrogens (tertiary/aromatic N) is 2. The maximum Gasteiger partial charge on any atom is 0.140 e. The number of benzene rings is 10. The van der Waals surface area contributed by atoms with Crippen molar-refractivity contribution in [3.8, 4) is 11.1 Å². The summed E-state index contributed by atoms with van der Waals surface area (Å²) in [6, 6.07) is 63.9. The predicted octanol–water partition coefficient (Wildman–Crippen LogP) is 16.0. The van der Waals surface area contributed by atoms with Gasteiger partial charge in [0.1, 0.15) is 11.2 Å². The van der Waals surface area contributed by atoms with Gasteiger partial charge >= 0.3 is 0 Å². The van der Waals surface area contributed by atoms with Gasteiger partial charge in [0.2, 0.25) is 0 Å². The van der Waals surface area contributed by atoms with E-state index in [0.29, 0.717) is 16.7 Å². The quantitative estimate of drug-likeness (QED) is 0.153. The van der Waals surface area contributed by atoms with E-state index in [-0.39, 0.29) is 28.4 Å². The van der Waals surface area contributed by atoms with Crippen LogP contribution in [0.1, 0.15) is 31.8 Å². The molecular weight excluding hydrogens is 753 g/mol. The van der Waals surface area contributed by atoms with Crippen molar-refractivity contribution in [3.63, 3.8) is 0 Å². The Morgan fingerprint density at radius 2 is 0.839 bits per heavy atom. The van der Waals surface area contributed by atoms with Crippen molar-refractivity contribution in [3.05, 3.63) is 265 Å². The standard InChI is InChI=1S/C59H40N2O/c1-5-21-42(22-6-1)60(43-23-7-2-8-24-43)46-35-37-54-51(39-46)52-40-47(61(44-25-9-3-10-26-44)45-27-11-4-12-28-45)36-38-55(52)59(54,53-32-17-20-41-19-13-14-29-48(41)53)56-33-18-31-50-49-30-15-16-34-57(49)62-58(50)56/h1-40H/i13D,14D,17D,19D,20D,29D,32D. The Kier molecular flexibility index (Phi) is 6.84. The molecule has 0 aliphatic heterocycles. The fraction of sp³-hybridized carbons (Fsp3) is 0.0169. The molecule has 0 saturated heterocycles. The minimum Gasteiger partial charge on any atom is -0.456 e. The Morgan fingerprint density at radius 3 is 1.40 bits per heavy atom. The molecule has 0 fully saturated rings. The molecular formula is C59H40N2O. The van der Waals surface area contributed by atoms with Gasteiger partial charge in [0.15, 0.2) is 0 Å². The first kappa shape index (κ1) is 29.1. The van der Waals surface area contributed by atoms with Gasteiger partial charge in [-0.05, 0) is 117 Å². The fourth-order valence-electron chi connectivity index (χ4n) is 9.62. The third-order valence-corrected chi connectivity index (χ3v) is 12.2. The van der Waals surface area contributed by atoms with Crippen LogP contribution in [0.4, 0.5) is 34.1 Å². The van der Waals surface area contributed by atoms with Crippen molar-refractivity contribution in [1.82, 2.24) is 0 Å². The number of fused-ring (bicyclic) bond motifs is 7. The van der Waals surface area contributed by atoms with Crippen LogP contribution in [0, 0.1) is 0 Å². The number of para-hydroxylation sites is 6. The summed E-state index contributed by atoms with van der Waals surface area (Å²) in [4.78, 5) is 4.39. The normalized spacial score (nSPS) is 14.2. The van der Waals surface area contributed by atoms with E-state index in [1.54, 1.807) is 0 Å². The average molecular weight is 800 g/mol. The molecule has 62 heavy (non-hydrogen) atoms. The molecule has 11 aromatic rings. The Hall–Kier alpha value is -8.14. The van der Waals surface area contributed by atoms with Crippen molar-refractivity contribution < 1.29 is 14.0 Å². The van der Waals surface area contributed by atoms with Crippen LogP contribution in [0.5, 0.6) is 0 Å². The van der Waals surface area contributed by atoms with Crippen LogP contribution < -0.4 is 9.80 Å². The molecule has 0 unspecified atom stereocenters. The van der Waals surface area contributed by atoms with Gasteiger partial charge in [0, 0.05) is 50.5 Å². The highest BCUT2D eigenvalue weighted by molar-refractivity contribution is 6.08. The second-order valence-electron chi connectivity index (χ2n) is 15.5. The second kappa shape index (κ2) is 14.5. The molecule has 1 aliphatic rings. The SMILES string of the molecule is [2H]c1c([2H])c([2H])c2c(C3(c4cccc5c4oc4ccccc45)c4ccc(N(c5ccccc5)c5ccccc5)cc4-c4cc(N(c5ccccc5)c5ccccc5)ccc43)c([2H])c([2H])c([2H])c2c1[2H]. The molecule has 0 amide bonds. The van der Waals surface area contributed by atoms with Crippen LogP contribution in [0.2, 0.25) is 0 Å². The summed E-state index contributed by atoms with van der Waals surface area (Å²) < 4.78 is 72.6. The Labute approximate surface area is 370 Å². The van der Waals surface area contributed by atoms with Gasteiger partial charge in [-0.15, -0.1) is 0 Å². The Morgan fingerprint density at radius 1 is 0.355 bits per heavy atom. The third-order valence-electron chi connectivity index (χ3n) is 12.2. The highest BCUT2D eigenvalue weighted by Gasteiger charge is 2.49. The molecule has 10 aromatic carbocycles. The first-order valence-corrected chi connectivity index (χ1v) is 20.7. The molecule has 1 aromatic heterocycles. The second-order valence-corrected chi connectivity index (χ2v) is 15.5. The number of hydrogen-bond donors (Lipinski definition) is 0. The maximum atomic E-state index is 10.1. The lowest BCUT2D eigenvalue weighted by Gasteiger charge is -2.35. The number of hydrogen-bond acceptors (Lipinski definition) is 3. The number of furan rings is 1. The van der Waals surface area contributed by atoms with E-state index in [0.717, 1.165) is 67.2 Å². The van der Waals surface area contributed by atoms with Gasteiger partial charge in [0.25, 0.3) is 0 Å². The summed E-state index contributed by atoms with van der Waals surface area (Å²) >= 11 is 0. The largest absolute Gasteiger partial charge is 0.456 e. The lowest BCUT2D eigenvalue weighted by atomic mass is 9.66. The molecule has 292 valence electrons. The van der Waals surface area contributed by atoms with E-state index >= 15 is 0 Å². The maximum absolute atomic E-state index is 10.1. The first-order valence-electron chi connectivity index (χ1n) is 24.2. The highest BCUT2D eigenvalue weighted by atomic mass is 16.3. The number of anilines is 6. The summed E-state index contributed by atoms with van der Waals surface area (Å²) in [6.07, 6.45) is 0. The van der Waals surface area contributed by atoms with E-state index in [1.807, 2.05) is 115 Å². The van der Waals surface area contributed by atoms with Crippen LogP contribution in [-0.2, 0) is 5.41 Å². The van der Waals surface area contributed by atoms with E-state index in [2.05, 4.69) is 94.7 Å². The topological polar surface area (TPSA) is 19.6 Å². The molecule has 0 radical (unpaired) electrons. The van der Waals surface area contributed by atoms with Gasteiger partial charge in [0.05, 0.1) is 15.0 Å². The summed E-state index contributed by atoms with van der Waals surface area (Å²) in [7, 11) is 0. The van der Waals surface area contributed by atoms with Gasteiger partial charge in [-0.1, -0.05) is 164 Å². The van der Waals surface area contributed by atoms with Crippen LogP contribution in [0.3, 0.4) is 0 Å². The van der Waals surface area contributed by atoms with E-state index < -0.39 is 35.6 Å². The molecule has 3 nitrogen and oxygen atoms in total. The lowest BCUT2D eigenvalue weighted by Crippen LogP contribution is -2.29. The minimum absolute atomic E-state index is 0.0115.